The first-order valence-corrected chi connectivity index (χ1v) is 8.14. The lowest BCUT2D eigenvalue weighted by Gasteiger charge is -2.27. The van der Waals surface area contributed by atoms with Crippen LogP contribution in [-0.2, 0) is 4.74 Å². The van der Waals surface area contributed by atoms with Crippen molar-refractivity contribution in [2.75, 3.05) is 13.2 Å². The van der Waals surface area contributed by atoms with E-state index < -0.39 is 6.10 Å². The molecule has 0 aromatic carbocycles. The SMILES string of the molecule is Cc1ccc(C(C)NCC(O)COC2CCCC(C)C2)o1. The number of aliphatic hydroxyl groups is 1. The van der Waals surface area contributed by atoms with Crippen LogP contribution in [-0.4, -0.2) is 30.5 Å². The van der Waals surface area contributed by atoms with Crippen molar-refractivity contribution >= 4 is 0 Å². The summed E-state index contributed by atoms with van der Waals surface area (Å²) < 4.78 is 11.4. The molecule has 1 fully saturated rings. The molecule has 0 radical (unpaired) electrons. The number of rotatable bonds is 7. The third-order valence-electron chi connectivity index (χ3n) is 4.26. The fourth-order valence-electron chi connectivity index (χ4n) is 2.94. The van der Waals surface area contributed by atoms with Crippen LogP contribution in [0.1, 0.15) is 57.1 Å². The maximum absolute atomic E-state index is 10.0. The van der Waals surface area contributed by atoms with E-state index in [0.717, 1.165) is 30.3 Å². The number of nitrogens with one attached hydrogen (secondary N) is 1. The summed E-state index contributed by atoms with van der Waals surface area (Å²) in [6.45, 7) is 7.18. The lowest BCUT2D eigenvalue weighted by Crippen LogP contribution is -2.34. The summed E-state index contributed by atoms with van der Waals surface area (Å²) in [5.41, 5.74) is 0. The molecule has 0 bridgehead atoms. The molecule has 1 aliphatic carbocycles. The molecule has 1 aliphatic rings. The second-order valence-corrected chi connectivity index (χ2v) is 6.46. The second-order valence-electron chi connectivity index (χ2n) is 6.46. The number of ether oxygens (including phenoxy) is 1. The standard InChI is InChI=1S/C17H29NO3/c1-12-5-4-6-16(9-12)20-11-15(19)10-18-14(3)17-8-7-13(2)21-17/h7-8,12,14-16,18-19H,4-6,9-11H2,1-3H3. The Morgan fingerprint density at radius 1 is 1.43 bits per heavy atom. The van der Waals surface area contributed by atoms with Crippen molar-refractivity contribution in [3.05, 3.63) is 23.7 Å². The highest BCUT2D eigenvalue weighted by Crippen LogP contribution is 2.25. The smallest absolute Gasteiger partial charge is 0.120 e. The van der Waals surface area contributed by atoms with Crippen molar-refractivity contribution < 1.29 is 14.3 Å². The van der Waals surface area contributed by atoms with Gasteiger partial charge in [-0.1, -0.05) is 19.8 Å². The highest BCUT2D eigenvalue weighted by atomic mass is 16.5. The molecule has 1 aromatic heterocycles. The molecule has 0 spiro atoms. The minimum atomic E-state index is -0.472. The van der Waals surface area contributed by atoms with Crippen molar-refractivity contribution in [2.45, 2.75) is 64.7 Å². The van der Waals surface area contributed by atoms with Gasteiger partial charge in [-0.15, -0.1) is 0 Å². The fourth-order valence-corrected chi connectivity index (χ4v) is 2.94. The van der Waals surface area contributed by atoms with Gasteiger partial charge in [0.25, 0.3) is 0 Å². The highest BCUT2D eigenvalue weighted by Gasteiger charge is 2.20. The van der Waals surface area contributed by atoms with E-state index in [9.17, 15) is 5.11 Å². The van der Waals surface area contributed by atoms with Gasteiger partial charge in [0.15, 0.2) is 0 Å². The summed E-state index contributed by atoms with van der Waals surface area (Å²) in [6.07, 6.45) is 4.67. The Bertz CT molecular complexity index is 418. The Morgan fingerprint density at radius 3 is 2.90 bits per heavy atom. The fraction of sp³-hybridized carbons (Fsp3) is 0.765. The number of aryl methyl sites for hydroxylation is 1. The molecule has 21 heavy (non-hydrogen) atoms. The molecule has 0 saturated heterocycles. The summed E-state index contributed by atoms with van der Waals surface area (Å²) in [7, 11) is 0. The average molecular weight is 295 g/mol. The third-order valence-corrected chi connectivity index (χ3v) is 4.26. The first kappa shape index (κ1) is 16.5. The number of aliphatic hydroxyl groups excluding tert-OH is 1. The molecule has 2 rings (SSSR count). The van der Waals surface area contributed by atoms with Crippen LogP contribution in [0, 0.1) is 12.8 Å². The van der Waals surface area contributed by atoms with Crippen molar-refractivity contribution in [1.29, 1.82) is 0 Å². The summed E-state index contributed by atoms with van der Waals surface area (Å²) in [4.78, 5) is 0. The van der Waals surface area contributed by atoms with Gasteiger partial charge in [0.2, 0.25) is 0 Å². The zero-order chi connectivity index (χ0) is 15.2. The van der Waals surface area contributed by atoms with Gasteiger partial charge in [0, 0.05) is 6.54 Å². The first-order chi connectivity index (χ1) is 10.0. The van der Waals surface area contributed by atoms with Crippen LogP contribution in [0.25, 0.3) is 0 Å². The molecule has 2 N–H and O–H groups in total. The Balaban J connectivity index is 1.64. The highest BCUT2D eigenvalue weighted by molar-refractivity contribution is 5.08. The summed E-state index contributed by atoms with van der Waals surface area (Å²) in [5.74, 6) is 2.57. The molecule has 1 heterocycles. The first-order valence-electron chi connectivity index (χ1n) is 8.14. The van der Waals surface area contributed by atoms with Crippen molar-refractivity contribution in [1.82, 2.24) is 5.32 Å². The zero-order valence-electron chi connectivity index (χ0n) is 13.5. The molecular formula is C17H29NO3. The molecule has 1 saturated carbocycles. The van der Waals surface area contributed by atoms with Crippen molar-refractivity contribution in [2.24, 2.45) is 5.92 Å². The van der Waals surface area contributed by atoms with Gasteiger partial charge >= 0.3 is 0 Å². The average Bonchev–Trinajstić information content (AvgIpc) is 2.89. The topological polar surface area (TPSA) is 54.6 Å². The van der Waals surface area contributed by atoms with E-state index in [-0.39, 0.29) is 6.04 Å². The second kappa shape index (κ2) is 7.97. The van der Waals surface area contributed by atoms with Gasteiger partial charge < -0.3 is 19.6 Å². The van der Waals surface area contributed by atoms with Gasteiger partial charge in [-0.3, -0.25) is 0 Å². The molecular weight excluding hydrogens is 266 g/mol. The Morgan fingerprint density at radius 2 is 2.24 bits per heavy atom. The summed E-state index contributed by atoms with van der Waals surface area (Å²) in [5, 5.41) is 13.3. The Kier molecular flexibility index (Phi) is 6.27. The van der Waals surface area contributed by atoms with E-state index in [1.54, 1.807) is 0 Å². The van der Waals surface area contributed by atoms with Gasteiger partial charge in [0.05, 0.1) is 24.9 Å². The van der Waals surface area contributed by atoms with Gasteiger partial charge in [0.1, 0.15) is 11.5 Å². The molecule has 4 unspecified atom stereocenters. The van der Waals surface area contributed by atoms with E-state index in [4.69, 9.17) is 9.15 Å². The van der Waals surface area contributed by atoms with Crippen LogP contribution in [0.3, 0.4) is 0 Å². The van der Waals surface area contributed by atoms with Gasteiger partial charge in [-0.05, 0) is 44.7 Å². The van der Waals surface area contributed by atoms with Crippen LogP contribution in [0.4, 0.5) is 0 Å². The molecule has 0 aliphatic heterocycles. The van der Waals surface area contributed by atoms with Crippen molar-refractivity contribution in [3.8, 4) is 0 Å². The normalized spacial score (nSPS) is 25.7. The molecule has 1 aromatic rings. The predicted molar refractivity (Wildman–Crippen MR) is 83.2 cm³/mol. The molecule has 4 heteroatoms. The van der Waals surface area contributed by atoms with E-state index in [0.29, 0.717) is 19.3 Å². The van der Waals surface area contributed by atoms with E-state index >= 15 is 0 Å². The van der Waals surface area contributed by atoms with E-state index in [2.05, 4.69) is 12.2 Å². The minimum absolute atomic E-state index is 0.100. The van der Waals surface area contributed by atoms with Gasteiger partial charge in [-0.25, -0.2) is 0 Å². The minimum Gasteiger partial charge on any atom is -0.465 e. The summed E-state index contributed by atoms with van der Waals surface area (Å²) >= 11 is 0. The van der Waals surface area contributed by atoms with Gasteiger partial charge in [-0.2, -0.15) is 0 Å². The lowest BCUT2D eigenvalue weighted by atomic mass is 9.89. The maximum Gasteiger partial charge on any atom is 0.120 e. The van der Waals surface area contributed by atoms with Crippen LogP contribution in [0.15, 0.2) is 16.5 Å². The number of hydrogen-bond acceptors (Lipinski definition) is 4. The lowest BCUT2D eigenvalue weighted by molar-refractivity contribution is -0.0312. The maximum atomic E-state index is 10.0. The number of furan rings is 1. The summed E-state index contributed by atoms with van der Waals surface area (Å²) in [6, 6.07) is 4.03. The third kappa shape index (κ3) is 5.46. The Hall–Kier alpha value is -0.840. The zero-order valence-corrected chi connectivity index (χ0v) is 13.5. The molecule has 4 atom stereocenters. The molecule has 4 nitrogen and oxygen atoms in total. The van der Waals surface area contributed by atoms with E-state index in [1.165, 1.54) is 12.8 Å². The van der Waals surface area contributed by atoms with Crippen LogP contribution in [0.2, 0.25) is 0 Å². The van der Waals surface area contributed by atoms with Crippen LogP contribution in [0.5, 0.6) is 0 Å². The van der Waals surface area contributed by atoms with Crippen molar-refractivity contribution in [3.63, 3.8) is 0 Å². The van der Waals surface area contributed by atoms with Crippen LogP contribution < -0.4 is 5.32 Å². The largest absolute Gasteiger partial charge is 0.465 e. The predicted octanol–water partition coefficient (Wildman–Crippen LogP) is 3.19. The molecule has 120 valence electrons. The van der Waals surface area contributed by atoms with E-state index in [1.807, 2.05) is 26.0 Å². The Labute approximate surface area is 127 Å². The molecule has 0 amide bonds. The quantitative estimate of drug-likeness (QED) is 0.811. The monoisotopic (exact) mass is 295 g/mol. The number of hydrogen-bond donors (Lipinski definition) is 2. The van der Waals surface area contributed by atoms with Crippen LogP contribution >= 0.6 is 0 Å².